The highest BCUT2D eigenvalue weighted by atomic mass is 16.7. The Morgan fingerprint density at radius 2 is 2.00 bits per heavy atom. The van der Waals surface area contributed by atoms with Crippen molar-refractivity contribution in [2.45, 2.75) is 6.54 Å². The molecule has 2 aromatic rings. The quantitative estimate of drug-likeness (QED) is 0.899. The predicted octanol–water partition coefficient (Wildman–Crippen LogP) is 2.09. The molecule has 2 aliphatic heterocycles. The summed E-state index contributed by atoms with van der Waals surface area (Å²) in [6.45, 7) is 4.06. The number of aromatic nitrogens is 1. The zero-order chi connectivity index (χ0) is 17.8. The second-order valence-corrected chi connectivity index (χ2v) is 6.14. The number of benzene rings is 1. The average Bonchev–Trinajstić information content (AvgIpc) is 3.12. The van der Waals surface area contributed by atoms with Gasteiger partial charge in [0.1, 0.15) is 0 Å². The van der Waals surface area contributed by atoms with Crippen molar-refractivity contribution in [3.63, 3.8) is 0 Å². The van der Waals surface area contributed by atoms with E-state index in [0.29, 0.717) is 18.8 Å². The molecule has 0 bridgehead atoms. The lowest BCUT2D eigenvalue weighted by molar-refractivity contribution is -0.119. The summed E-state index contributed by atoms with van der Waals surface area (Å²) >= 11 is 0. The highest BCUT2D eigenvalue weighted by molar-refractivity contribution is 5.83. The summed E-state index contributed by atoms with van der Waals surface area (Å²) in [7, 11) is 0. The molecule has 1 aromatic heterocycles. The summed E-state index contributed by atoms with van der Waals surface area (Å²) in [6, 6.07) is 9.53. The number of amides is 1. The van der Waals surface area contributed by atoms with Crippen molar-refractivity contribution >= 4 is 11.8 Å². The van der Waals surface area contributed by atoms with Crippen LogP contribution in [-0.4, -0.2) is 54.0 Å². The second kappa shape index (κ2) is 7.59. The van der Waals surface area contributed by atoms with Crippen LogP contribution in [0.5, 0.6) is 11.5 Å². The molecule has 2 aliphatic rings. The summed E-state index contributed by atoms with van der Waals surface area (Å²) in [6.07, 6.45) is 2.72. The molecule has 0 atom stereocenters. The van der Waals surface area contributed by atoms with Crippen LogP contribution in [0.3, 0.4) is 0 Å². The van der Waals surface area contributed by atoms with E-state index in [1.54, 1.807) is 29.6 Å². The molecule has 26 heavy (non-hydrogen) atoms. The fraction of sp³-hybridized carbons (Fsp3) is 0.333. The van der Waals surface area contributed by atoms with Crippen molar-refractivity contribution in [3.8, 4) is 11.5 Å². The third kappa shape index (κ3) is 4.04. The largest absolute Gasteiger partial charge is 0.454 e. The standard InChI is InChI=1S/C18H20N4O4/c23-18(20-15-2-1-5-19-11-15)26-22-8-6-21(7-9-22)12-14-3-4-16-17(10-14)25-13-24-16/h1-5,10-11H,6-9,12-13H2,(H,20,23). The summed E-state index contributed by atoms with van der Waals surface area (Å²) in [5.41, 5.74) is 1.79. The van der Waals surface area contributed by atoms with E-state index in [1.807, 2.05) is 12.1 Å². The zero-order valence-electron chi connectivity index (χ0n) is 14.3. The Kier molecular flexibility index (Phi) is 4.85. The Balaban J connectivity index is 1.23. The van der Waals surface area contributed by atoms with Crippen LogP contribution >= 0.6 is 0 Å². The van der Waals surface area contributed by atoms with Crippen LogP contribution in [0.25, 0.3) is 0 Å². The SMILES string of the molecule is O=C(Nc1cccnc1)ON1CCN(Cc2ccc3c(c2)OCO3)CC1. The minimum absolute atomic E-state index is 0.288. The Bertz CT molecular complexity index is 763. The van der Waals surface area contributed by atoms with Gasteiger partial charge in [-0.3, -0.25) is 15.2 Å². The van der Waals surface area contributed by atoms with Crippen molar-refractivity contribution in [1.29, 1.82) is 0 Å². The highest BCUT2D eigenvalue weighted by Crippen LogP contribution is 2.32. The molecule has 0 aliphatic carbocycles. The van der Waals surface area contributed by atoms with Gasteiger partial charge < -0.3 is 14.3 Å². The topological polar surface area (TPSA) is 76.2 Å². The third-order valence-corrected chi connectivity index (χ3v) is 4.29. The maximum Gasteiger partial charge on any atom is 0.430 e. The summed E-state index contributed by atoms with van der Waals surface area (Å²) in [5, 5.41) is 4.34. The average molecular weight is 356 g/mol. The van der Waals surface area contributed by atoms with Gasteiger partial charge in [0.25, 0.3) is 0 Å². The molecule has 1 aromatic carbocycles. The molecule has 1 fully saturated rings. The molecule has 0 radical (unpaired) electrons. The molecule has 1 N–H and O–H groups in total. The third-order valence-electron chi connectivity index (χ3n) is 4.29. The molecule has 1 saturated heterocycles. The fourth-order valence-corrected chi connectivity index (χ4v) is 2.97. The van der Waals surface area contributed by atoms with Gasteiger partial charge in [0.2, 0.25) is 6.79 Å². The molecule has 0 spiro atoms. The van der Waals surface area contributed by atoms with Crippen LogP contribution in [0.4, 0.5) is 10.5 Å². The zero-order valence-corrected chi connectivity index (χ0v) is 14.3. The molecule has 8 nitrogen and oxygen atoms in total. The van der Waals surface area contributed by atoms with Crippen molar-refractivity contribution < 1.29 is 19.1 Å². The maximum atomic E-state index is 11.9. The molecule has 1 amide bonds. The number of rotatable bonds is 4. The van der Waals surface area contributed by atoms with Crippen molar-refractivity contribution in [3.05, 3.63) is 48.3 Å². The normalized spacial score (nSPS) is 17.1. The summed E-state index contributed by atoms with van der Waals surface area (Å²) in [5.74, 6) is 1.60. The second-order valence-electron chi connectivity index (χ2n) is 6.14. The Labute approximate surface area is 151 Å². The van der Waals surface area contributed by atoms with Gasteiger partial charge in [0.05, 0.1) is 11.9 Å². The number of fused-ring (bicyclic) bond motifs is 1. The molecule has 0 saturated carbocycles. The smallest absolute Gasteiger partial charge is 0.430 e. The number of piperazine rings is 1. The fourth-order valence-electron chi connectivity index (χ4n) is 2.97. The van der Waals surface area contributed by atoms with Gasteiger partial charge in [-0.25, -0.2) is 4.79 Å². The van der Waals surface area contributed by atoms with Crippen LogP contribution in [0.2, 0.25) is 0 Å². The summed E-state index contributed by atoms with van der Waals surface area (Å²) in [4.78, 5) is 23.5. The number of pyridine rings is 1. The molecule has 136 valence electrons. The molecule has 4 rings (SSSR count). The highest BCUT2D eigenvalue weighted by Gasteiger charge is 2.21. The number of hydroxylamine groups is 2. The number of hydrogen-bond donors (Lipinski definition) is 1. The van der Waals surface area contributed by atoms with E-state index in [0.717, 1.165) is 31.1 Å². The Morgan fingerprint density at radius 3 is 2.81 bits per heavy atom. The first-order valence-electron chi connectivity index (χ1n) is 8.51. The number of ether oxygens (including phenoxy) is 2. The van der Waals surface area contributed by atoms with E-state index in [4.69, 9.17) is 14.3 Å². The number of nitrogens with zero attached hydrogens (tertiary/aromatic N) is 3. The monoisotopic (exact) mass is 356 g/mol. The summed E-state index contributed by atoms with van der Waals surface area (Å²) < 4.78 is 10.8. The number of carbonyl (C=O) groups excluding carboxylic acids is 1. The van der Waals surface area contributed by atoms with Crippen LogP contribution < -0.4 is 14.8 Å². The van der Waals surface area contributed by atoms with E-state index in [2.05, 4.69) is 21.3 Å². The van der Waals surface area contributed by atoms with Gasteiger partial charge >= 0.3 is 6.09 Å². The van der Waals surface area contributed by atoms with Crippen molar-refractivity contribution in [1.82, 2.24) is 14.9 Å². The number of hydrogen-bond acceptors (Lipinski definition) is 7. The van der Waals surface area contributed by atoms with E-state index in [-0.39, 0.29) is 6.79 Å². The lowest BCUT2D eigenvalue weighted by Gasteiger charge is -2.33. The Morgan fingerprint density at radius 1 is 1.15 bits per heavy atom. The van der Waals surface area contributed by atoms with E-state index in [9.17, 15) is 4.79 Å². The Hall–Kier alpha value is -2.84. The van der Waals surface area contributed by atoms with E-state index in [1.165, 1.54) is 5.56 Å². The first kappa shape index (κ1) is 16.6. The van der Waals surface area contributed by atoms with Gasteiger partial charge in [0.15, 0.2) is 11.5 Å². The minimum Gasteiger partial charge on any atom is -0.454 e. The number of carbonyl (C=O) groups is 1. The molecule has 0 unspecified atom stereocenters. The van der Waals surface area contributed by atoms with Gasteiger partial charge in [-0.15, -0.1) is 5.06 Å². The minimum atomic E-state index is -0.498. The van der Waals surface area contributed by atoms with Crippen LogP contribution in [0.15, 0.2) is 42.7 Å². The molecule has 3 heterocycles. The van der Waals surface area contributed by atoms with Gasteiger partial charge in [0, 0.05) is 38.9 Å². The molecule has 8 heteroatoms. The lowest BCUT2D eigenvalue weighted by Crippen LogP contribution is -2.46. The predicted molar refractivity (Wildman–Crippen MR) is 93.8 cm³/mol. The van der Waals surface area contributed by atoms with Crippen molar-refractivity contribution in [2.24, 2.45) is 0 Å². The van der Waals surface area contributed by atoms with Gasteiger partial charge in [-0.05, 0) is 29.8 Å². The van der Waals surface area contributed by atoms with Gasteiger partial charge in [-0.2, -0.15) is 0 Å². The van der Waals surface area contributed by atoms with Crippen molar-refractivity contribution in [2.75, 3.05) is 38.3 Å². The molecular formula is C18H20N4O4. The van der Waals surface area contributed by atoms with Crippen LogP contribution in [0.1, 0.15) is 5.56 Å². The van der Waals surface area contributed by atoms with E-state index < -0.39 is 6.09 Å². The van der Waals surface area contributed by atoms with E-state index >= 15 is 0 Å². The first-order chi connectivity index (χ1) is 12.8. The van der Waals surface area contributed by atoms with Gasteiger partial charge in [-0.1, -0.05) is 6.07 Å². The maximum absolute atomic E-state index is 11.9. The number of nitrogens with one attached hydrogen (secondary N) is 1. The van der Waals surface area contributed by atoms with Crippen LogP contribution in [0, 0.1) is 0 Å². The lowest BCUT2D eigenvalue weighted by atomic mass is 10.2. The van der Waals surface area contributed by atoms with Crippen LogP contribution in [-0.2, 0) is 11.4 Å². The first-order valence-corrected chi connectivity index (χ1v) is 8.51. The molecular weight excluding hydrogens is 336 g/mol. The number of anilines is 1.